The first-order chi connectivity index (χ1) is 15.0. The molecule has 0 spiro atoms. The highest BCUT2D eigenvalue weighted by Gasteiger charge is 2.39. The van der Waals surface area contributed by atoms with Gasteiger partial charge >= 0.3 is 0 Å². The number of benzene rings is 1. The zero-order chi connectivity index (χ0) is 21.5. The van der Waals surface area contributed by atoms with Crippen molar-refractivity contribution in [3.05, 3.63) is 58.8 Å². The van der Waals surface area contributed by atoms with Crippen molar-refractivity contribution in [2.75, 3.05) is 7.11 Å². The number of carbonyl (C=O) groups excluding carboxylic acids is 3. The molecule has 1 aromatic heterocycles. The van der Waals surface area contributed by atoms with Gasteiger partial charge in [-0.15, -0.1) is 0 Å². The fraction of sp³-hybridized carbons (Fsp3) is 0.318. The SMILES string of the molecule is COc1cccc(C2=NNC(c3ccc4c(c3)CN(N3C(=O)CCCC3=O)C4=O)C2)n1. The van der Waals surface area contributed by atoms with Gasteiger partial charge in [0.15, 0.2) is 0 Å². The van der Waals surface area contributed by atoms with Gasteiger partial charge in [0.25, 0.3) is 5.91 Å². The van der Waals surface area contributed by atoms with Crippen LogP contribution in [0.25, 0.3) is 0 Å². The smallest absolute Gasteiger partial charge is 0.273 e. The third kappa shape index (κ3) is 3.31. The van der Waals surface area contributed by atoms with Crippen LogP contribution in [0.2, 0.25) is 0 Å². The molecule has 3 aliphatic rings. The van der Waals surface area contributed by atoms with Gasteiger partial charge in [0.2, 0.25) is 17.7 Å². The Bertz CT molecular complexity index is 1110. The summed E-state index contributed by atoms with van der Waals surface area (Å²) in [7, 11) is 1.57. The highest BCUT2D eigenvalue weighted by Crippen LogP contribution is 2.31. The van der Waals surface area contributed by atoms with Crippen molar-refractivity contribution in [2.24, 2.45) is 5.10 Å². The Balaban J connectivity index is 1.34. The van der Waals surface area contributed by atoms with Gasteiger partial charge in [0.1, 0.15) is 0 Å². The Labute approximate surface area is 178 Å². The first kappa shape index (κ1) is 19.2. The number of ether oxygens (including phenoxy) is 1. The van der Waals surface area contributed by atoms with Gasteiger partial charge in [0.05, 0.1) is 31.1 Å². The lowest BCUT2D eigenvalue weighted by atomic mass is 9.97. The van der Waals surface area contributed by atoms with E-state index in [1.165, 1.54) is 5.01 Å². The normalized spacial score (nSPS) is 20.6. The van der Waals surface area contributed by atoms with Gasteiger partial charge in [-0.25, -0.2) is 9.99 Å². The quantitative estimate of drug-likeness (QED) is 0.760. The number of pyridine rings is 1. The van der Waals surface area contributed by atoms with Crippen LogP contribution in [-0.2, 0) is 16.1 Å². The molecule has 1 unspecified atom stereocenters. The average Bonchev–Trinajstić information content (AvgIpc) is 3.39. The number of aromatic nitrogens is 1. The largest absolute Gasteiger partial charge is 0.481 e. The summed E-state index contributed by atoms with van der Waals surface area (Å²) in [5.41, 5.74) is 7.00. The number of carbonyl (C=O) groups is 3. The number of hydrazone groups is 1. The maximum absolute atomic E-state index is 12.8. The van der Waals surface area contributed by atoms with Gasteiger partial charge in [-0.1, -0.05) is 18.2 Å². The van der Waals surface area contributed by atoms with E-state index in [1.807, 2.05) is 24.3 Å². The van der Waals surface area contributed by atoms with E-state index in [4.69, 9.17) is 4.74 Å². The summed E-state index contributed by atoms with van der Waals surface area (Å²) in [5.74, 6) is -0.429. The van der Waals surface area contributed by atoms with Crippen LogP contribution in [0.4, 0.5) is 0 Å². The van der Waals surface area contributed by atoms with Gasteiger partial charge in [-0.2, -0.15) is 10.1 Å². The molecule has 5 rings (SSSR count). The number of nitrogens with zero attached hydrogens (tertiary/aromatic N) is 4. The number of piperidine rings is 1. The van der Waals surface area contributed by atoms with Gasteiger partial charge < -0.3 is 10.2 Å². The summed E-state index contributed by atoms with van der Waals surface area (Å²) in [5, 5.41) is 6.72. The lowest BCUT2D eigenvalue weighted by Gasteiger charge is -2.32. The zero-order valence-electron chi connectivity index (χ0n) is 17.0. The number of hydrazine groups is 1. The van der Waals surface area contributed by atoms with E-state index >= 15 is 0 Å². The van der Waals surface area contributed by atoms with E-state index in [9.17, 15) is 14.4 Å². The van der Waals surface area contributed by atoms with E-state index in [0.29, 0.717) is 24.3 Å². The van der Waals surface area contributed by atoms with Crippen molar-refractivity contribution >= 4 is 23.4 Å². The second-order valence-corrected chi connectivity index (χ2v) is 7.74. The topological polar surface area (TPSA) is 104 Å². The predicted molar refractivity (Wildman–Crippen MR) is 110 cm³/mol. The summed E-state index contributed by atoms with van der Waals surface area (Å²) in [6, 6.07) is 11.1. The Morgan fingerprint density at radius 2 is 1.90 bits per heavy atom. The van der Waals surface area contributed by atoms with Gasteiger partial charge in [-0.05, 0) is 29.7 Å². The number of imide groups is 1. The van der Waals surface area contributed by atoms with Crippen LogP contribution in [0.1, 0.15) is 58.9 Å². The summed E-state index contributed by atoms with van der Waals surface area (Å²) in [6.07, 6.45) is 1.73. The number of rotatable bonds is 4. The van der Waals surface area contributed by atoms with E-state index in [-0.39, 0.29) is 43.1 Å². The van der Waals surface area contributed by atoms with E-state index < -0.39 is 0 Å². The number of fused-ring (bicyclic) bond motifs is 1. The first-order valence-electron chi connectivity index (χ1n) is 10.2. The van der Waals surface area contributed by atoms with E-state index in [2.05, 4.69) is 15.5 Å². The lowest BCUT2D eigenvalue weighted by Crippen LogP contribution is -2.51. The molecule has 1 N–H and O–H groups in total. The van der Waals surface area contributed by atoms with Crippen LogP contribution in [0.15, 0.2) is 41.5 Å². The van der Waals surface area contributed by atoms with Crippen LogP contribution >= 0.6 is 0 Å². The Morgan fingerprint density at radius 1 is 1.10 bits per heavy atom. The number of amides is 3. The first-order valence-corrected chi connectivity index (χ1v) is 10.2. The van der Waals surface area contributed by atoms with Crippen molar-refractivity contribution < 1.29 is 19.1 Å². The standard InChI is InChI=1S/C22H21N5O4/c1-31-19-5-2-4-16(23-19)18-11-17(24-25-18)13-8-9-15-14(10-13)12-26(22(15)30)27-20(28)6-3-7-21(27)29/h2,4-5,8-10,17,24H,3,6-7,11-12H2,1H3. The van der Waals surface area contributed by atoms with E-state index in [1.54, 1.807) is 19.2 Å². The molecule has 0 aliphatic carbocycles. The fourth-order valence-electron chi connectivity index (χ4n) is 4.20. The molecule has 1 atom stereocenters. The number of hydrogen-bond acceptors (Lipinski definition) is 7. The molecule has 0 bridgehead atoms. The molecule has 1 aromatic carbocycles. The molecular formula is C22H21N5O4. The van der Waals surface area contributed by atoms with Crippen molar-refractivity contribution in [3.63, 3.8) is 0 Å². The fourth-order valence-corrected chi connectivity index (χ4v) is 4.20. The molecular weight excluding hydrogens is 398 g/mol. The number of nitrogens with one attached hydrogen (secondary N) is 1. The van der Waals surface area contributed by atoms with Crippen LogP contribution < -0.4 is 10.2 Å². The molecule has 1 fully saturated rings. The predicted octanol–water partition coefficient (Wildman–Crippen LogP) is 1.94. The summed E-state index contributed by atoms with van der Waals surface area (Å²) in [4.78, 5) is 41.8. The molecule has 0 saturated carbocycles. The molecule has 4 heterocycles. The zero-order valence-corrected chi connectivity index (χ0v) is 17.0. The molecule has 0 radical (unpaired) electrons. The molecule has 3 amide bonds. The minimum absolute atomic E-state index is 0.0595. The van der Waals surface area contributed by atoms with Crippen molar-refractivity contribution in [2.45, 2.75) is 38.3 Å². The average molecular weight is 419 g/mol. The van der Waals surface area contributed by atoms with Crippen molar-refractivity contribution in [1.29, 1.82) is 0 Å². The highest BCUT2D eigenvalue weighted by atomic mass is 16.5. The van der Waals surface area contributed by atoms with Crippen LogP contribution in [-0.4, -0.2) is 45.5 Å². The van der Waals surface area contributed by atoms with E-state index in [0.717, 1.165) is 27.5 Å². The lowest BCUT2D eigenvalue weighted by molar-refractivity contribution is -0.163. The minimum Gasteiger partial charge on any atom is -0.481 e. The van der Waals surface area contributed by atoms with Gasteiger partial charge in [0, 0.05) is 30.9 Å². The Morgan fingerprint density at radius 3 is 2.68 bits per heavy atom. The summed E-state index contributed by atoms with van der Waals surface area (Å²) in [6.45, 7) is 0.206. The molecule has 2 aromatic rings. The van der Waals surface area contributed by atoms with Gasteiger partial charge in [-0.3, -0.25) is 14.4 Å². The Hall–Kier alpha value is -3.75. The second kappa shape index (κ2) is 7.50. The monoisotopic (exact) mass is 419 g/mol. The minimum atomic E-state index is -0.320. The van der Waals surface area contributed by atoms with Crippen LogP contribution in [0, 0.1) is 0 Å². The second-order valence-electron chi connectivity index (χ2n) is 7.74. The van der Waals surface area contributed by atoms with Crippen molar-refractivity contribution in [1.82, 2.24) is 20.4 Å². The third-order valence-electron chi connectivity index (χ3n) is 5.79. The number of methoxy groups -OCH3 is 1. The molecule has 158 valence electrons. The van der Waals surface area contributed by atoms with Crippen molar-refractivity contribution in [3.8, 4) is 5.88 Å². The molecule has 3 aliphatic heterocycles. The third-order valence-corrected chi connectivity index (χ3v) is 5.79. The maximum atomic E-state index is 12.8. The number of hydrogen-bond donors (Lipinski definition) is 1. The molecule has 9 nitrogen and oxygen atoms in total. The van der Waals surface area contributed by atoms with Crippen LogP contribution in [0.5, 0.6) is 5.88 Å². The van der Waals surface area contributed by atoms with Crippen LogP contribution in [0.3, 0.4) is 0 Å². The summed E-state index contributed by atoms with van der Waals surface area (Å²) >= 11 is 0. The molecule has 9 heteroatoms. The summed E-state index contributed by atoms with van der Waals surface area (Å²) < 4.78 is 5.19. The molecule has 31 heavy (non-hydrogen) atoms. The molecule has 1 saturated heterocycles. The maximum Gasteiger partial charge on any atom is 0.273 e. The highest BCUT2D eigenvalue weighted by molar-refractivity contribution is 6.04. The Kier molecular flexibility index (Phi) is 4.65.